The highest BCUT2D eigenvalue weighted by Gasteiger charge is 2.40. The maximum absolute atomic E-state index is 5.71. The van der Waals surface area contributed by atoms with Crippen molar-refractivity contribution in [3.8, 4) is 0 Å². The van der Waals surface area contributed by atoms with Gasteiger partial charge in [0.15, 0.2) is 0 Å². The van der Waals surface area contributed by atoms with Gasteiger partial charge in [-0.05, 0) is 26.9 Å². The summed E-state index contributed by atoms with van der Waals surface area (Å²) < 4.78 is 5.71. The predicted octanol–water partition coefficient (Wildman–Crippen LogP) is 1.12. The van der Waals surface area contributed by atoms with Crippen LogP contribution in [0.15, 0.2) is 0 Å². The molecule has 2 fully saturated rings. The summed E-state index contributed by atoms with van der Waals surface area (Å²) in [6.45, 7) is 0.961. The van der Waals surface area contributed by atoms with Gasteiger partial charge in [0.05, 0.1) is 12.7 Å². The molecule has 0 bridgehead atoms. The Kier molecular flexibility index (Phi) is 1.90. The van der Waals surface area contributed by atoms with Crippen LogP contribution >= 0.6 is 0 Å². The van der Waals surface area contributed by atoms with E-state index in [0.29, 0.717) is 12.1 Å². The number of hydrogen-bond acceptors (Lipinski definition) is 2. The number of nitrogens with zero attached hydrogens (tertiary/aromatic N) is 1. The smallest absolute Gasteiger partial charge is 0.0629 e. The third-order valence-electron chi connectivity index (χ3n) is 3.14. The fraction of sp³-hybridized carbons (Fsp3) is 1.00. The van der Waals surface area contributed by atoms with Gasteiger partial charge in [-0.25, -0.2) is 0 Å². The van der Waals surface area contributed by atoms with Crippen LogP contribution in [0, 0.1) is 5.92 Å². The van der Waals surface area contributed by atoms with Gasteiger partial charge in [-0.3, -0.25) is 0 Å². The number of likely N-dealkylation sites (N-methyl/N-ethyl adjacent to an activating group) is 1. The molecule has 1 aliphatic carbocycles. The van der Waals surface area contributed by atoms with Gasteiger partial charge in [0.1, 0.15) is 0 Å². The van der Waals surface area contributed by atoms with Crippen LogP contribution < -0.4 is 0 Å². The van der Waals surface area contributed by atoms with Crippen LogP contribution in [0.5, 0.6) is 0 Å². The van der Waals surface area contributed by atoms with Crippen LogP contribution in [0.4, 0.5) is 0 Å². The molecule has 0 aromatic carbocycles. The summed E-state index contributed by atoms with van der Waals surface area (Å²) in [5.41, 5.74) is 0. The molecule has 1 heterocycles. The standard InChI is InChI=1S/C9H17NO/c1-10(2)8-6-11-9-5-3-4-7(8)9/h7-9H,3-6H2,1-2H3/t7-,8?,9-/m0/s1. The van der Waals surface area contributed by atoms with E-state index in [-0.39, 0.29) is 0 Å². The van der Waals surface area contributed by atoms with Crippen molar-refractivity contribution in [1.82, 2.24) is 4.90 Å². The molecule has 2 rings (SSSR count). The second-order valence-electron chi connectivity index (χ2n) is 4.00. The molecule has 64 valence electrons. The van der Waals surface area contributed by atoms with Crippen molar-refractivity contribution >= 4 is 0 Å². The maximum atomic E-state index is 5.71. The van der Waals surface area contributed by atoms with Gasteiger partial charge in [-0.15, -0.1) is 0 Å². The molecular weight excluding hydrogens is 138 g/mol. The largest absolute Gasteiger partial charge is 0.376 e. The van der Waals surface area contributed by atoms with Crippen LogP contribution in [0.2, 0.25) is 0 Å². The highest BCUT2D eigenvalue weighted by molar-refractivity contribution is 4.92. The maximum Gasteiger partial charge on any atom is 0.0629 e. The Balaban J connectivity index is 2.03. The van der Waals surface area contributed by atoms with Gasteiger partial charge in [-0.2, -0.15) is 0 Å². The number of hydrogen-bond donors (Lipinski definition) is 0. The summed E-state index contributed by atoms with van der Waals surface area (Å²) >= 11 is 0. The molecule has 0 amide bonds. The van der Waals surface area contributed by atoms with E-state index in [1.54, 1.807) is 0 Å². The third kappa shape index (κ3) is 1.18. The predicted molar refractivity (Wildman–Crippen MR) is 44.6 cm³/mol. The SMILES string of the molecule is CN(C)C1CO[C@H]2CCC[C@@H]12. The van der Waals surface area contributed by atoms with E-state index in [0.717, 1.165) is 12.5 Å². The molecule has 2 heteroatoms. The van der Waals surface area contributed by atoms with Crippen LogP contribution in [0.1, 0.15) is 19.3 Å². The Bertz CT molecular complexity index is 146. The first-order valence-corrected chi connectivity index (χ1v) is 4.57. The van der Waals surface area contributed by atoms with E-state index in [2.05, 4.69) is 19.0 Å². The van der Waals surface area contributed by atoms with Crippen molar-refractivity contribution in [3.05, 3.63) is 0 Å². The molecule has 3 atom stereocenters. The first-order valence-electron chi connectivity index (χ1n) is 4.57. The van der Waals surface area contributed by atoms with Gasteiger partial charge in [0.25, 0.3) is 0 Å². The van der Waals surface area contributed by atoms with E-state index in [1.165, 1.54) is 19.3 Å². The lowest BCUT2D eigenvalue weighted by atomic mass is 9.99. The fourth-order valence-corrected chi connectivity index (χ4v) is 2.48. The quantitative estimate of drug-likeness (QED) is 0.562. The molecule has 1 saturated carbocycles. The highest BCUT2D eigenvalue weighted by atomic mass is 16.5. The zero-order chi connectivity index (χ0) is 7.84. The summed E-state index contributed by atoms with van der Waals surface area (Å²) in [6, 6.07) is 0.697. The zero-order valence-corrected chi connectivity index (χ0v) is 7.42. The van der Waals surface area contributed by atoms with Crippen molar-refractivity contribution in [2.45, 2.75) is 31.4 Å². The summed E-state index contributed by atoms with van der Waals surface area (Å²) in [7, 11) is 4.32. The fourth-order valence-electron chi connectivity index (χ4n) is 2.48. The van der Waals surface area contributed by atoms with E-state index in [4.69, 9.17) is 4.74 Å². The first kappa shape index (κ1) is 7.56. The summed E-state index contributed by atoms with van der Waals surface area (Å²) in [4.78, 5) is 2.32. The third-order valence-corrected chi connectivity index (χ3v) is 3.14. The summed E-state index contributed by atoms with van der Waals surface area (Å²) in [5, 5.41) is 0. The number of fused-ring (bicyclic) bond motifs is 1. The van der Waals surface area contributed by atoms with Crippen LogP contribution in [-0.4, -0.2) is 37.7 Å². The molecule has 2 nitrogen and oxygen atoms in total. The zero-order valence-electron chi connectivity index (χ0n) is 7.42. The molecule has 1 saturated heterocycles. The number of ether oxygens (including phenoxy) is 1. The molecule has 0 radical (unpaired) electrons. The van der Waals surface area contributed by atoms with E-state index in [1.807, 2.05) is 0 Å². The van der Waals surface area contributed by atoms with E-state index in [9.17, 15) is 0 Å². The average molecular weight is 155 g/mol. The molecule has 1 aliphatic heterocycles. The van der Waals surface area contributed by atoms with Crippen LogP contribution in [-0.2, 0) is 4.74 Å². The molecule has 0 spiro atoms. The lowest BCUT2D eigenvalue weighted by molar-refractivity contribution is 0.0982. The molecule has 0 aromatic rings. The highest BCUT2D eigenvalue weighted by Crippen LogP contribution is 2.37. The lowest BCUT2D eigenvalue weighted by Crippen LogP contribution is -2.34. The van der Waals surface area contributed by atoms with Crippen molar-refractivity contribution < 1.29 is 4.74 Å². The van der Waals surface area contributed by atoms with Gasteiger partial charge in [0.2, 0.25) is 0 Å². The number of rotatable bonds is 1. The Hall–Kier alpha value is -0.0800. The van der Waals surface area contributed by atoms with Crippen molar-refractivity contribution in [2.24, 2.45) is 5.92 Å². The van der Waals surface area contributed by atoms with Gasteiger partial charge >= 0.3 is 0 Å². The van der Waals surface area contributed by atoms with Crippen molar-refractivity contribution in [3.63, 3.8) is 0 Å². The minimum atomic E-state index is 0.599. The van der Waals surface area contributed by atoms with Crippen LogP contribution in [0.3, 0.4) is 0 Å². The van der Waals surface area contributed by atoms with Crippen LogP contribution in [0.25, 0.3) is 0 Å². The molecular formula is C9H17NO. The minimum Gasteiger partial charge on any atom is -0.376 e. The van der Waals surface area contributed by atoms with Gasteiger partial charge in [0, 0.05) is 12.0 Å². The van der Waals surface area contributed by atoms with Gasteiger partial charge < -0.3 is 9.64 Å². The van der Waals surface area contributed by atoms with E-state index >= 15 is 0 Å². The second-order valence-corrected chi connectivity index (χ2v) is 4.00. The monoisotopic (exact) mass is 155 g/mol. The molecule has 1 unspecified atom stereocenters. The average Bonchev–Trinajstić information content (AvgIpc) is 2.41. The molecule has 11 heavy (non-hydrogen) atoms. The Morgan fingerprint density at radius 1 is 1.27 bits per heavy atom. The van der Waals surface area contributed by atoms with Gasteiger partial charge in [-0.1, -0.05) is 6.42 Å². The normalized spacial score (nSPS) is 43.4. The topological polar surface area (TPSA) is 12.5 Å². The molecule has 0 aromatic heterocycles. The van der Waals surface area contributed by atoms with Crippen molar-refractivity contribution in [2.75, 3.05) is 20.7 Å². The van der Waals surface area contributed by atoms with E-state index < -0.39 is 0 Å². The Morgan fingerprint density at radius 3 is 2.82 bits per heavy atom. The summed E-state index contributed by atoms with van der Waals surface area (Å²) in [5.74, 6) is 0.838. The molecule has 2 aliphatic rings. The van der Waals surface area contributed by atoms with Crippen molar-refractivity contribution in [1.29, 1.82) is 0 Å². The molecule has 0 N–H and O–H groups in total. The Labute approximate surface area is 68.5 Å². The first-order chi connectivity index (χ1) is 5.29. The minimum absolute atomic E-state index is 0.599. The lowest BCUT2D eigenvalue weighted by Gasteiger charge is -2.22. The second kappa shape index (κ2) is 2.76. The summed E-state index contributed by atoms with van der Waals surface area (Å²) in [6.07, 6.45) is 4.66. The Morgan fingerprint density at radius 2 is 2.09 bits per heavy atom.